The van der Waals surface area contributed by atoms with Gasteiger partial charge in [0.15, 0.2) is 11.6 Å². The van der Waals surface area contributed by atoms with Gasteiger partial charge < -0.3 is 15.2 Å². The van der Waals surface area contributed by atoms with E-state index in [0.29, 0.717) is 6.54 Å². The van der Waals surface area contributed by atoms with Crippen LogP contribution in [-0.2, 0) is 13.0 Å². The second-order valence-electron chi connectivity index (χ2n) is 4.85. The SMILES string of the molecule is COc1ccc(CNc2cccc(CCCO)c2)cc1F. The first-order chi connectivity index (χ1) is 10.2. The van der Waals surface area contributed by atoms with Crippen LogP contribution < -0.4 is 10.1 Å². The van der Waals surface area contributed by atoms with Gasteiger partial charge >= 0.3 is 0 Å². The molecule has 2 aromatic carbocycles. The molecule has 0 radical (unpaired) electrons. The van der Waals surface area contributed by atoms with E-state index >= 15 is 0 Å². The number of ether oxygens (including phenoxy) is 1. The van der Waals surface area contributed by atoms with Gasteiger partial charge in [0.05, 0.1) is 7.11 Å². The maximum atomic E-state index is 13.6. The predicted molar refractivity (Wildman–Crippen MR) is 82.1 cm³/mol. The third kappa shape index (κ3) is 4.46. The van der Waals surface area contributed by atoms with Gasteiger partial charge in [-0.3, -0.25) is 0 Å². The smallest absolute Gasteiger partial charge is 0.165 e. The van der Waals surface area contributed by atoms with Gasteiger partial charge in [0.1, 0.15) is 0 Å². The second-order valence-corrected chi connectivity index (χ2v) is 4.85. The van der Waals surface area contributed by atoms with Crippen molar-refractivity contribution in [1.29, 1.82) is 0 Å². The number of rotatable bonds is 7. The van der Waals surface area contributed by atoms with Crippen LogP contribution in [0.3, 0.4) is 0 Å². The lowest BCUT2D eigenvalue weighted by Gasteiger charge is -2.09. The van der Waals surface area contributed by atoms with Crippen LogP contribution in [0.5, 0.6) is 5.75 Å². The molecular formula is C17H20FNO2. The highest BCUT2D eigenvalue weighted by Crippen LogP contribution is 2.19. The molecule has 0 fully saturated rings. The number of aliphatic hydroxyl groups excluding tert-OH is 1. The molecular weight excluding hydrogens is 269 g/mol. The maximum Gasteiger partial charge on any atom is 0.165 e. The number of benzene rings is 2. The van der Waals surface area contributed by atoms with Crippen molar-refractivity contribution >= 4 is 5.69 Å². The Kier molecular flexibility index (Phi) is 5.58. The van der Waals surface area contributed by atoms with Gasteiger partial charge in [-0.1, -0.05) is 18.2 Å². The third-order valence-corrected chi connectivity index (χ3v) is 3.26. The van der Waals surface area contributed by atoms with E-state index in [1.54, 1.807) is 6.07 Å². The van der Waals surface area contributed by atoms with E-state index in [-0.39, 0.29) is 18.2 Å². The first kappa shape index (κ1) is 15.3. The molecule has 0 atom stereocenters. The van der Waals surface area contributed by atoms with Crippen LogP contribution in [0.25, 0.3) is 0 Å². The first-order valence-corrected chi connectivity index (χ1v) is 6.99. The summed E-state index contributed by atoms with van der Waals surface area (Å²) in [6.07, 6.45) is 1.61. The highest BCUT2D eigenvalue weighted by molar-refractivity contribution is 5.46. The topological polar surface area (TPSA) is 41.5 Å². The summed E-state index contributed by atoms with van der Waals surface area (Å²) in [5.41, 5.74) is 3.02. The molecule has 112 valence electrons. The van der Waals surface area contributed by atoms with Crippen molar-refractivity contribution in [2.24, 2.45) is 0 Å². The molecule has 0 aliphatic carbocycles. The van der Waals surface area contributed by atoms with Crippen molar-refractivity contribution in [3.63, 3.8) is 0 Å². The molecule has 0 heterocycles. The van der Waals surface area contributed by atoms with Crippen molar-refractivity contribution in [3.05, 3.63) is 59.4 Å². The minimum atomic E-state index is -0.353. The molecule has 2 rings (SSSR count). The maximum absolute atomic E-state index is 13.6. The van der Waals surface area contributed by atoms with E-state index in [4.69, 9.17) is 9.84 Å². The quantitative estimate of drug-likeness (QED) is 0.821. The Hall–Kier alpha value is -2.07. The highest BCUT2D eigenvalue weighted by Gasteiger charge is 2.03. The molecule has 0 aliphatic rings. The van der Waals surface area contributed by atoms with E-state index in [0.717, 1.165) is 24.1 Å². The van der Waals surface area contributed by atoms with Gasteiger partial charge in [-0.05, 0) is 48.2 Å². The Morgan fingerprint density at radius 2 is 2.00 bits per heavy atom. The summed E-state index contributed by atoms with van der Waals surface area (Å²) in [4.78, 5) is 0. The summed E-state index contributed by atoms with van der Waals surface area (Å²) >= 11 is 0. The Bertz CT molecular complexity index is 587. The lowest BCUT2D eigenvalue weighted by atomic mass is 10.1. The molecule has 0 saturated carbocycles. The van der Waals surface area contributed by atoms with Crippen LogP contribution in [-0.4, -0.2) is 18.8 Å². The van der Waals surface area contributed by atoms with Crippen LogP contribution in [0.2, 0.25) is 0 Å². The highest BCUT2D eigenvalue weighted by atomic mass is 19.1. The number of hydrogen-bond donors (Lipinski definition) is 2. The fourth-order valence-electron chi connectivity index (χ4n) is 2.14. The van der Waals surface area contributed by atoms with E-state index < -0.39 is 0 Å². The summed E-state index contributed by atoms with van der Waals surface area (Å²) in [5, 5.41) is 12.1. The molecule has 2 aromatic rings. The molecule has 0 unspecified atom stereocenters. The van der Waals surface area contributed by atoms with E-state index in [1.165, 1.54) is 18.7 Å². The van der Waals surface area contributed by atoms with Crippen LogP contribution in [0.1, 0.15) is 17.5 Å². The number of aryl methyl sites for hydroxylation is 1. The number of hydrogen-bond acceptors (Lipinski definition) is 3. The number of nitrogens with one attached hydrogen (secondary N) is 1. The van der Waals surface area contributed by atoms with Crippen molar-refractivity contribution in [2.75, 3.05) is 19.0 Å². The molecule has 21 heavy (non-hydrogen) atoms. The van der Waals surface area contributed by atoms with Gasteiger partial charge in [0, 0.05) is 18.8 Å². The average Bonchev–Trinajstić information content (AvgIpc) is 2.51. The van der Waals surface area contributed by atoms with Gasteiger partial charge in [-0.25, -0.2) is 4.39 Å². The van der Waals surface area contributed by atoms with Crippen LogP contribution in [0.15, 0.2) is 42.5 Å². The fourth-order valence-corrected chi connectivity index (χ4v) is 2.14. The number of aliphatic hydroxyl groups is 1. The monoisotopic (exact) mass is 289 g/mol. The summed E-state index contributed by atoms with van der Waals surface area (Å²) in [5.74, 6) is -0.0988. The molecule has 2 N–H and O–H groups in total. The van der Waals surface area contributed by atoms with E-state index in [1.807, 2.05) is 24.3 Å². The molecule has 4 heteroatoms. The summed E-state index contributed by atoms with van der Waals surface area (Å²) in [6, 6.07) is 13.0. The van der Waals surface area contributed by atoms with Gasteiger partial charge in [-0.2, -0.15) is 0 Å². The van der Waals surface area contributed by atoms with Crippen LogP contribution in [0.4, 0.5) is 10.1 Å². The summed E-state index contributed by atoms with van der Waals surface area (Å²) in [6.45, 7) is 0.743. The lowest BCUT2D eigenvalue weighted by Crippen LogP contribution is -2.01. The van der Waals surface area contributed by atoms with Gasteiger partial charge in [-0.15, -0.1) is 0 Å². The molecule has 3 nitrogen and oxygen atoms in total. The van der Waals surface area contributed by atoms with Crippen molar-refractivity contribution in [3.8, 4) is 5.75 Å². The molecule has 0 aromatic heterocycles. The van der Waals surface area contributed by atoms with Crippen LogP contribution >= 0.6 is 0 Å². The summed E-state index contributed by atoms with van der Waals surface area (Å²) < 4.78 is 18.5. The zero-order valence-electron chi connectivity index (χ0n) is 12.1. The Morgan fingerprint density at radius 3 is 2.71 bits per heavy atom. The third-order valence-electron chi connectivity index (χ3n) is 3.26. The van der Waals surface area contributed by atoms with Gasteiger partial charge in [0.2, 0.25) is 0 Å². The van der Waals surface area contributed by atoms with Crippen molar-refractivity contribution in [2.45, 2.75) is 19.4 Å². The van der Waals surface area contributed by atoms with Crippen molar-refractivity contribution < 1.29 is 14.2 Å². The first-order valence-electron chi connectivity index (χ1n) is 6.99. The van der Waals surface area contributed by atoms with E-state index in [9.17, 15) is 4.39 Å². The predicted octanol–water partition coefficient (Wildman–Crippen LogP) is 3.37. The van der Waals surface area contributed by atoms with Crippen LogP contribution in [0, 0.1) is 5.82 Å². The number of methoxy groups -OCH3 is 1. The second kappa shape index (κ2) is 7.64. The minimum absolute atomic E-state index is 0.197. The minimum Gasteiger partial charge on any atom is -0.494 e. The largest absolute Gasteiger partial charge is 0.494 e. The van der Waals surface area contributed by atoms with Gasteiger partial charge in [0.25, 0.3) is 0 Å². The molecule has 0 spiro atoms. The fraction of sp³-hybridized carbons (Fsp3) is 0.294. The van der Waals surface area contributed by atoms with E-state index in [2.05, 4.69) is 11.4 Å². The Morgan fingerprint density at radius 1 is 1.14 bits per heavy atom. The normalized spacial score (nSPS) is 10.4. The zero-order valence-corrected chi connectivity index (χ0v) is 12.1. The Labute approximate surface area is 124 Å². The molecule has 0 amide bonds. The lowest BCUT2D eigenvalue weighted by molar-refractivity contribution is 0.288. The van der Waals surface area contributed by atoms with Crippen molar-refractivity contribution in [1.82, 2.24) is 0 Å². The Balaban J connectivity index is 1.97. The average molecular weight is 289 g/mol. The molecule has 0 saturated heterocycles. The standard InChI is InChI=1S/C17H20FNO2/c1-21-17-8-7-14(11-16(17)18)12-19-15-6-2-4-13(10-15)5-3-9-20/h2,4,6-8,10-11,19-20H,3,5,9,12H2,1H3. The number of anilines is 1. The molecule has 0 aliphatic heterocycles. The molecule has 0 bridgehead atoms. The zero-order chi connectivity index (χ0) is 15.1. The number of halogens is 1. The summed E-state index contributed by atoms with van der Waals surface area (Å²) in [7, 11) is 1.45.